The lowest BCUT2D eigenvalue weighted by Crippen LogP contribution is -2.35. The average Bonchev–Trinajstić information content (AvgIpc) is 3.08. The Labute approximate surface area is 195 Å². The summed E-state index contributed by atoms with van der Waals surface area (Å²) in [5.74, 6) is -0.521. The van der Waals surface area contributed by atoms with Gasteiger partial charge in [-0.05, 0) is 55.3 Å². The maximum atomic E-state index is 13.4. The van der Waals surface area contributed by atoms with E-state index in [0.717, 1.165) is 5.56 Å². The summed E-state index contributed by atoms with van der Waals surface area (Å²) >= 11 is 18.0. The molecule has 0 saturated carbocycles. The number of fused-ring (bicyclic) bond motifs is 1. The minimum absolute atomic E-state index is 0.0314. The van der Waals surface area contributed by atoms with Crippen molar-refractivity contribution < 1.29 is 13.2 Å². The zero-order valence-corrected chi connectivity index (χ0v) is 19.4. The van der Waals surface area contributed by atoms with Crippen molar-refractivity contribution in [2.45, 2.75) is 24.3 Å². The fourth-order valence-electron chi connectivity index (χ4n) is 3.63. The molecule has 1 amide bonds. The third-order valence-corrected chi connectivity index (χ3v) is 8.01. The summed E-state index contributed by atoms with van der Waals surface area (Å²) in [4.78, 5) is 12.8. The lowest BCUT2D eigenvalue weighted by molar-refractivity contribution is 0.102. The summed E-state index contributed by atoms with van der Waals surface area (Å²) in [5, 5.41) is 3.36. The molecule has 0 spiro atoms. The number of halogens is 3. The lowest BCUT2D eigenvalue weighted by Gasteiger charge is -2.24. The Morgan fingerprint density at radius 2 is 1.68 bits per heavy atom. The van der Waals surface area contributed by atoms with E-state index in [1.807, 2.05) is 25.1 Å². The van der Waals surface area contributed by atoms with Gasteiger partial charge in [0.05, 0.1) is 31.3 Å². The molecule has 0 saturated heterocycles. The maximum absolute atomic E-state index is 13.4. The Balaban J connectivity index is 1.66. The van der Waals surface area contributed by atoms with E-state index in [-0.39, 0.29) is 37.3 Å². The van der Waals surface area contributed by atoms with Gasteiger partial charge in [0, 0.05) is 11.6 Å². The van der Waals surface area contributed by atoms with Gasteiger partial charge in [-0.3, -0.25) is 9.10 Å². The summed E-state index contributed by atoms with van der Waals surface area (Å²) in [6.07, 6.45) is 0.630. The molecular weight excluding hydrogens is 479 g/mol. The smallest absolute Gasteiger partial charge is 0.264 e. The van der Waals surface area contributed by atoms with Gasteiger partial charge in [-0.15, -0.1) is 0 Å². The highest BCUT2D eigenvalue weighted by molar-refractivity contribution is 7.92. The van der Waals surface area contributed by atoms with Crippen LogP contribution in [0.3, 0.4) is 0 Å². The second-order valence-corrected chi connectivity index (χ2v) is 10.2. The number of hydrogen-bond acceptors (Lipinski definition) is 3. The standard InChI is InChI=1S/C22H17Cl3N2O3S/c1-13-9-14-5-2-3-8-21(14)27(13)31(29,30)16-7-4-6-15(10-16)22(28)26-20-12-18(24)17(23)11-19(20)25/h2-8,10-13H,9H2,1H3,(H,26,28). The van der Waals surface area contributed by atoms with Crippen molar-refractivity contribution in [1.82, 2.24) is 0 Å². The zero-order chi connectivity index (χ0) is 22.3. The Kier molecular flexibility index (Phi) is 5.92. The van der Waals surface area contributed by atoms with Crippen molar-refractivity contribution in [3.05, 3.63) is 86.9 Å². The third kappa shape index (κ3) is 4.13. The van der Waals surface area contributed by atoms with Gasteiger partial charge in [-0.2, -0.15) is 0 Å². The number of carbonyl (C=O) groups excluding carboxylic acids is 1. The van der Waals surface area contributed by atoms with Gasteiger partial charge in [-0.1, -0.05) is 59.1 Å². The summed E-state index contributed by atoms with van der Waals surface area (Å²) in [6.45, 7) is 1.86. The van der Waals surface area contributed by atoms with Crippen molar-refractivity contribution in [2.24, 2.45) is 0 Å². The number of nitrogens with zero attached hydrogens (tertiary/aromatic N) is 1. The van der Waals surface area contributed by atoms with Crippen molar-refractivity contribution in [1.29, 1.82) is 0 Å². The van der Waals surface area contributed by atoms with E-state index in [4.69, 9.17) is 34.8 Å². The number of benzene rings is 3. The van der Waals surface area contributed by atoms with E-state index >= 15 is 0 Å². The number of amides is 1. The highest BCUT2D eigenvalue weighted by Crippen LogP contribution is 2.37. The van der Waals surface area contributed by atoms with Crippen molar-refractivity contribution >= 4 is 62.1 Å². The van der Waals surface area contributed by atoms with Crippen LogP contribution in [0.5, 0.6) is 0 Å². The molecule has 1 aliphatic rings. The summed E-state index contributed by atoms with van der Waals surface area (Å²) < 4.78 is 28.2. The molecule has 9 heteroatoms. The number of para-hydroxylation sites is 1. The van der Waals surface area contributed by atoms with Crippen LogP contribution in [0, 0.1) is 0 Å². The van der Waals surface area contributed by atoms with Crippen LogP contribution < -0.4 is 9.62 Å². The normalized spacial score (nSPS) is 15.6. The minimum Gasteiger partial charge on any atom is -0.321 e. The molecule has 1 aliphatic heterocycles. The number of anilines is 2. The predicted molar refractivity (Wildman–Crippen MR) is 125 cm³/mol. The highest BCUT2D eigenvalue weighted by atomic mass is 35.5. The van der Waals surface area contributed by atoms with Crippen molar-refractivity contribution in [3.63, 3.8) is 0 Å². The Morgan fingerprint density at radius 1 is 0.968 bits per heavy atom. The quantitative estimate of drug-likeness (QED) is 0.449. The number of rotatable bonds is 4. The van der Waals surface area contributed by atoms with E-state index in [2.05, 4.69) is 5.32 Å². The van der Waals surface area contributed by atoms with Crippen LogP contribution in [-0.4, -0.2) is 20.4 Å². The van der Waals surface area contributed by atoms with Crippen LogP contribution in [0.25, 0.3) is 0 Å². The first kappa shape index (κ1) is 22.0. The molecule has 3 aromatic carbocycles. The lowest BCUT2D eigenvalue weighted by atomic mass is 10.1. The van der Waals surface area contributed by atoms with Crippen molar-refractivity contribution in [2.75, 3.05) is 9.62 Å². The summed E-state index contributed by atoms with van der Waals surface area (Å²) in [6, 6.07) is 15.9. The molecule has 0 radical (unpaired) electrons. The first-order chi connectivity index (χ1) is 14.7. The van der Waals surface area contributed by atoms with Crippen LogP contribution in [0.1, 0.15) is 22.8 Å². The van der Waals surface area contributed by atoms with Gasteiger partial charge in [0.15, 0.2) is 0 Å². The molecule has 0 aliphatic carbocycles. The molecule has 31 heavy (non-hydrogen) atoms. The zero-order valence-electron chi connectivity index (χ0n) is 16.3. The predicted octanol–water partition coefficient (Wildman–Crippen LogP) is 6.04. The fraction of sp³-hybridized carbons (Fsp3) is 0.136. The van der Waals surface area contributed by atoms with E-state index in [9.17, 15) is 13.2 Å². The van der Waals surface area contributed by atoms with Gasteiger partial charge < -0.3 is 5.32 Å². The van der Waals surface area contributed by atoms with Crippen LogP contribution >= 0.6 is 34.8 Å². The number of hydrogen-bond donors (Lipinski definition) is 1. The number of nitrogens with one attached hydrogen (secondary N) is 1. The Hall–Kier alpha value is -2.25. The van der Waals surface area contributed by atoms with Gasteiger partial charge in [-0.25, -0.2) is 8.42 Å². The average molecular weight is 496 g/mol. The molecule has 5 nitrogen and oxygen atoms in total. The van der Waals surface area contributed by atoms with E-state index in [0.29, 0.717) is 12.1 Å². The monoisotopic (exact) mass is 494 g/mol. The molecule has 0 fully saturated rings. The SMILES string of the molecule is CC1Cc2ccccc2N1S(=O)(=O)c1cccc(C(=O)Nc2cc(Cl)c(Cl)cc2Cl)c1. The van der Waals surface area contributed by atoms with Gasteiger partial charge >= 0.3 is 0 Å². The molecule has 0 aromatic heterocycles. The van der Waals surface area contributed by atoms with Crippen molar-refractivity contribution in [3.8, 4) is 0 Å². The largest absolute Gasteiger partial charge is 0.321 e. The molecule has 1 atom stereocenters. The Morgan fingerprint density at radius 3 is 2.45 bits per heavy atom. The second-order valence-electron chi connectivity index (χ2n) is 7.21. The van der Waals surface area contributed by atoms with Crippen LogP contribution in [0.15, 0.2) is 65.6 Å². The third-order valence-electron chi connectivity index (χ3n) is 5.06. The van der Waals surface area contributed by atoms with E-state index < -0.39 is 15.9 Å². The van der Waals surface area contributed by atoms with E-state index in [1.54, 1.807) is 6.07 Å². The van der Waals surface area contributed by atoms with Gasteiger partial charge in [0.25, 0.3) is 15.9 Å². The van der Waals surface area contributed by atoms with Gasteiger partial charge in [0.2, 0.25) is 0 Å². The Bertz CT molecular complexity index is 1290. The molecular formula is C22H17Cl3N2O3S. The van der Waals surface area contributed by atoms with Gasteiger partial charge in [0.1, 0.15) is 0 Å². The first-order valence-corrected chi connectivity index (χ1v) is 11.9. The maximum Gasteiger partial charge on any atom is 0.264 e. The second kappa shape index (κ2) is 8.36. The summed E-state index contributed by atoms with van der Waals surface area (Å²) in [7, 11) is -3.86. The van der Waals surface area contributed by atoms with Crippen LogP contribution in [-0.2, 0) is 16.4 Å². The molecule has 1 heterocycles. The minimum atomic E-state index is -3.86. The van der Waals surface area contributed by atoms with E-state index in [1.165, 1.54) is 40.7 Å². The molecule has 1 unspecified atom stereocenters. The summed E-state index contributed by atoms with van der Waals surface area (Å²) in [5.41, 5.74) is 2.08. The topological polar surface area (TPSA) is 66.5 Å². The first-order valence-electron chi connectivity index (χ1n) is 9.37. The number of sulfonamides is 1. The number of carbonyl (C=O) groups is 1. The highest BCUT2D eigenvalue weighted by Gasteiger charge is 2.36. The molecule has 0 bridgehead atoms. The fourth-order valence-corrected chi connectivity index (χ4v) is 5.96. The molecule has 160 valence electrons. The van der Waals surface area contributed by atoms with Crippen LogP contribution in [0.4, 0.5) is 11.4 Å². The molecule has 1 N–H and O–H groups in total. The van der Waals surface area contributed by atoms with Crippen LogP contribution in [0.2, 0.25) is 15.1 Å². The molecule has 4 rings (SSSR count). The molecule has 3 aromatic rings.